The Morgan fingerprint density at radius 1 is 0.368 bits per heavy atom. The Morgan fingerprint density at radius 3 is 1.63 bits per heavy atom. The topological polar surface area (TPSA) is 4.93 Å². The molecule has 8 aromatic rings. The molecule has 1 heterocycles. The predicted molar refractivity (Wildman–Crippen MR) is 164 cm³/mol. The van der Waals surface area contributed by atoms with Crippen LogP contribution in [0, 0.1) is 0 Å². The summed E-state index contributed by atoms with van der Waals surface area (Å²) in [5.41, 5.74) is 5.82. The first-order valence-electron chi connectivity index (χ1n) is 12.9. The van der Waals surface area contributed by atoms with Gasteiger partial charge in [0.15, 0.2) is 0 Å². The van der Waals surface area contributed by atoms with Crippen molar-refractivity contribution in [3.63, 3.8) is 0 Å². The van der Waals surface area contributed by atoms with E-state index in [0.29, 0.717) is 0 Å². The molecule has 1 nitrogen and oxygen atoms in total. The molecule has 8 rings (SSSR count). The normalized spacial score (nSPS) is 11.8. The predicted octanol–water partition coefficient (Wildman–Crippen LogP) is 10.6. The highest BCUT2D eigenvalue weighted by Gasteiger charge is 2.15. The standard InChI is InChI=1S/C36H22ClN/c37-25-9-7-8-23(20-25)24-16-18-33-32-14-5-6-15-35(32)38(36(33)21-24)26-17-19-31-29-12-2-1-10-27(29)28-11-3-4-13-30(28)34(31)22-26/h1-22H. The fraction of sp³-hybridized carbons (Fsp3) is 0. The Kier molecular flexibility index (Phi) is 4.64. The summed E-state index contributed by atoms with van der Waals surface area (Å²) < 4.78 is 2.40. The van der Waals surface area contributed by atoms with Gasteiger partial charge < -0.3 is 4.57 Å². The summed E-state index contributed by atoms with van der Waals surface area (Å²) in [6.07, 6.45) is 0. The zero-order valence-electron chi connectivity index (χ0n) is 20.5. The lowest BCUT2D eigenvalue weighted by Crippen LogP contribution is -1.95. The monoisotopic (exact) mass is 503 g/mol. The lowest BCUT2D eigenvalue weighted by atomic mass is 9.94. The number of para-hydroxylation sites is 1. The largest absolute Gasteiger partial charge is 0.309 e. The molecule has 0 bridgehead atoms. The average molecular weight is 504 g/mol. The molecule has 1 aromatic heterocycles. The molecule has 0 unspecified atom stereocenters. The number of benzene rings is 7. The van der Waals surface area contributed by atoms with Crippen molar-refractivity contribution in [1.82, 2.24) is 4.57 Å². The SMILES string of the molecule is Clc1cccc(-c2ccc3c4ccccc4n(-c4ccc5c6ccccc6c6ccccc6c5c4)c3c2)c1. The van der Waals surface area contributed by atoms with Crippen molar-refractivity contribution in [2.75, 3.05) is 0 Å². The van der Waals surface area contributed by atoms with E-state index < -0.39 is 0 Å². The molecular weight excluding hydrogens is 482 g/mol. The summed E-state index contributed by atoms with van der Waals surface area (Å²) in [6, 6.07) is 47.9. The van der Waals surface area contributed by atoms with Gasteiger partial charge in [-0.2, -0.15) is 0 Å². The molecule has 0 aliphatic heterocycles. The minimum Gasteiger partial charge on any atom is -0.309 e. The van der Waals surface area contributed by atoms with Crippen LogP contribution >= 0.6 is 11.6 Å². The number of aromatic nitrogens is 1. The molecule has 0 fully saturated rings. The van der Waals surface area contributed by atoms with Crippen molar-refractivity contribution in [2.45, 2.75) is 0 Å². The first kappa shape index (κ1) is 21.5. The van der Waals surface area contributed by atoms with E-state index >= 15 is 0 Å². The van der Waals surface area contributed by atoms with Gasteiger partial charge in [0.2, 0.25) is 0 Å². The molecule has 0 saturated heterocycles. The lowest BCUT2D eigenvalue weighted by Gasteiger charge is -2.14. The Morgan fingerprint density at radius 2 is 0.921 bits per heavy atom. The molecule has 7 aromatic carbocycles. The molecule has 0 aliphatic carbocycles. The van der Waals surface area contributed by atoms with Crippen LogP contribution in [0.4, 0.5) is 0 Å². The summed E-state index contributed by atoms with van der Waals surface area (Å²) in [5.74, 6) is 0. The molecule has 0 saturated carbocycles. The maximum Gasteiger partial charge on any atom is 0.0547 e. The van der Waals surface area contributed by atoms with Gasteiger partial charge >= 0.3 is 0 Å². The first-order chi connectivity index (χ1) is 18.8. The van der Waals surface area contributed by atoms with E-state index in [0.717, 1.165) is 21.8 Å². The van der Waals surface area contributed by atoms with E-state index in [2.05, 4.69) is 120 Å². The summed E-state index contributed by atoms with van der Waals surface area (Å²) in [5, 5.41) is 11.0. The molecule has 0 radical (unpaired) electrons. The number of hydrogen-bond donors (Lipinski definition) is 0. The number of nitrogens with zero attached hydrogens (tertiary/aromatic N) is 1. The third kappa shape index (κ3) is 3.13. The lowest BCUT2D eigenvalue weighted by molar-refractivity contribution is 1.19. The minimum atomic E-state index is 0.747. The Bertz CT molecular complexity index is 2170. The van der Waals surface area contributed by atoms with E-state index in [-0.39, 0.29) is 0 Å². The molecule has 0 N–H and O–H groups in total. The second-order valence-electron chi connectivity index (χ2n) is 9.92. The molecular formula is C36H22ClN. The van der Waals surface area contributed by atoms with Crippen LogP contribution in [0.3, 0.4) is 0 Å². The fourth-order valence-corrected chi connectivity index (χ4v) is 6.32. The van der Waals surface area contributed by atoms with Crippen molar-refractivity contribution in [1.29, 1.82) is 0 Å². The highest BCUT2D eigenvalue weighted by atomic mass is 35.5. The summed E-state index contributed by atoms with van der Waals surface area (Å²) in [7, 11) is 0. The van der Waals surface area contributed by atoms with Gasteiger partial charge in [0, 0.05) is 21.5 Å². The third-order valence-electron chi connectivity index (χ3n) is 7.82. The van der Waals surface area contributed by atoms with Crippen LogP contribution in [0.25, 0.3) is 70.9 Å². The third-order valence-corrected chi connectivity index (χ3v) is 8.05. The second kappa shape index (κ2) is 8.21. The Labute approximate surface area is 225 Å². The molecule has 0 amide bonds. The van der Waals surface area contributed by atoms with Gasteiger partial charge in [0.25, 0.3) is 0 Å². The van der Waals surface area contributed by atoms with Crippen LogP contribution in [-0.4, -0.2) is 4.57 Å². The van der Waals surface area contributed by atoms with E-state index in [1.165, 1.54) is 54.1 Å². The quantitative estimate of drug-likeness (QED) is 0.207. The number of fused-ring (bicyclic) bond motifs is 9. The Balaban J connectivity index is 1.47. The van der Waals surface area contributed by atoms with Crippen molar-refractivity contribution in [3.05, 3.63) is 138 Å². The van der Waals surface area contributed by atoms with Gasteiger partial charge in [0.05, 0.1) is 11.0 Å². The van der Waals surface area contributed by atoms with Crippen molar-refractivity contribution >= 4 is 65.7 Å². The number of hydrogen-bond acceptors (Lipinski definition) is 0. The zero-order chi connectivity index (χ0) is 25.2. The van der Waals surface area contributed by atoms with Crippen LogP contribution in [0.1, 0.15) is 0 Å². The van der Waals surface area contributed by atoms with Gasteiger partial charge in [-0.1, -0.05) is 109 Å². The highest BCUT2D eigenvalue weighted by Crippen LogP contribution is 2.39. The molecule has 0 atom stereocenters. The summed E-state index contributed by atoms with van der Waals surface area (Å²) in [4.78, 5) is 0. The molecule has 178 valence electrons. The van der Waals surface area contributed by atoms with Crippen LogP contribution in [-0.2, 0) is 0 Å². The maximum absolute atomic E-state index is 6.34. The zero-order valence-corrected chi connectivity index (χ0v) is 21.3. The highest BCUT2D eigenvalue weighted by molar-refractivity contribution is 6.31. The van der Waals surface area contributed by atoms with Crippen LogP contribution in [0.2, 0.25) is 5.02 Å². The van der Waals surface area contributed by atoms with E-state index in [1.807, 2.05) is 18.2 Å². The first-order valence-corrected chi connectivity index (χ1v) is 13.3. The molecule has 38 heavy (non-hydrogen) atoms. The van der Waals surface area contributed by atoms with Crippen LogP contribution in [0.5, 0.6) is 0 Å². The summed E-state index contributed by atoms with van der Waals surface area (Å²) >= 11 is 6.34. The minimum absolute atomic E-state index is 0.747. The van der Waals surface area contributed by atoms with Crippen molar-refractivity contribution in [3.8, 4) is 16.8 Å². The molecule has 0 aliphatic rings. The van der Waals surface area contributed by atoms with Gasteiger partial charge in [0.1, 0.15) is 0 Å². The second-order valence-corrected chi connectivity index (χ2v) is 10.4. The van der Waals surface area contributed by atoms with Crippen LogP contribution in [0.15, 0.2) is 133 Å². The van der Waals surface area contributed by atoms with Crippen LogP contribution < -0.4 is 0 Å². The van der Waals surface area contributed by atoms with Gasteiger partial charge in [-0.15, -0.1) is 0 Å². The number of rotatable bonds is 2. The van der Waals surface area contributed by atoms with Crippen molar-refractivity contribution in [2.24, 2.45) is 0 Å². The molecule has 0 spiro atoms. The van der Waals surface area contributed by atoms with E-state index in [9.17, 15) is 0 Å². The fourth-order valence-electron chi connectivity index (χ4n) is 6.13. The van der Waals surface area contributed by atoms with E-state index in [4.69, 9.17) is 11.6 Å². The smallest absolute Gasteiger partial charge is 0.0547 e. The van der Waals surface area contributed by atoms with E-state index in [1.54, 1.807) is 0 Å². The average Bonchev–Trinajstić information content (AvgIpc) is 3.31. The Hall–Kier alpha value is -4.59. The van der Waals surface area contributed by atoms with Crippen molar-refractivity contribution < 1.29 is 0 Å². The number of halogens is 1. The molecule has 2 heteroatoms. The van der Waals surface area contributed by atoms with Gasteiger partial charge in [-0.25, -0.2) is 0 Å². The van der Waals surface area contributed by atoms with Gasteiger partial charge in [-0.05, 0) is 79.8 Å². The summed E-state index contributed by atoms with van der Waals surface area (Å²) in [6.45, 7) is 0. The van der Waals surface area contributed by atoms with Gasteiger partial charge in [-0.3, -0.25) is 0 Å². The maximum atomic E-state index is 6.34.